The molecule has 1 aromatic heterocycles. The quantitative estimate of drug-likeness (QED) is 0.665. The lowest BCUT2D eigenvalue weighted by molar-refractivity contribution is -0.121. The van der Waals surface area contributed by atoms with E-state index in [0.29, 0.717) is 31.9 Å². The third-order valence-electron chi connectivity index (χ3n) is 1.91. The van der Waals surface area contributed by atoms with E-state index in [9.17, 15) is 4.79 Å². The number of hydrogen-bond acceptors (Lipinski definition) is 5. The van der Waals surface area contributed by atoms with Gasteiger partial charge in [-0.05, 0) is 6.92 Å². The van der Waals surface area contributed by atoms with Crippen molar-refractivity contribution >= 4 is 11.7 Å². The Morgan fingerprint density at radius 2 is 2.38 bits per heavy atom. The summed E-state index contributed by atoms with van der Waals surface area (Å²) in [5, 5.41) is 9.47. The molecule has 2 N–H and O–H groups in total. The molecule has 0 spiro atoms. The Labute approximate surface area is 94.3 Å². The van der Waals surface area contributed by atoms with Crippen molar-refractivity contribution in [1.29, 1.82) is 0 Å². The molecule has 1 heterocycles. The zero-order chi connectivity index (χ0) is 11.8. The van der Waals surface area contributed by atoms with Crippen LogP contribution in [0.15, 0.2) is 10.6 Å². The molecule has 0 aliphatic heterocycles. The summed E-state index contributed by atoms with van der Waals surface area (Å²) in [5.74, 6) is 1.39. The van der Waals surface area contributed by atoms with E-state index < -0.39 is 0 Å². The number of nitrogens with one attached hydrogen (secondary N) is 2. The summed E-state index contributed by atoms with van der Waals surface area (Å²) in [7, 11) is 1.60. The van der Waals surface area contributed by atoms with Crippen LogP contribution in [0.4, 0.5) is 5.82 Å². The van der Waals surface area contributed by atoms with Crippen molar-refractivity contribution in [2.24, 2.45) is 0 Å². The number of hydrogen-bond donors (Lipinski definition) is 2. The first kappa shape index (κ1) is 12.5. The van der Waals surface area contributed by atoms with Gasteiger partial charge >= 0.3 is 0 Å². The van der Waals surface area contributed by atoms with Crippen LogP contribution in [0.25, 0.3) is 0 Å². The van der Waals surface area contributed by atoms with E-state index >= 15 is 0 Å². The van der Waals surface area contributed by atoms with Gasteiger partial charge in [-0.25, -0.2) is 0 Å². The minimum atomic E-state index is -0.00948. The first-order valence-electron chi connectivity index (χ1n) is 5.15. The fraction of sp³-hybridized carbons (Fsp3) is 0.600. The highest BCUT2D eigenvalue weighted by atomic mass is 16.5. The van der Waals surface area contributed by atoms with Crippen molar-refractivity contribution in [3.05, 3.63) is 11.8 Å². The van der Waals surface area contributed by atoms with Crippen molar-refractivity contribution in [1.82, 2.24) is 10.5 Å². The molecule has 90 valence electrons. The molecule has 0 radical (unpaired) electrons. The van der Waals surface area contributed by atoms with E-state index in [4.69, 9.17) is 9.26 Å². The third-order valence-corrected chi connectivity index (χ3v) is 1.91. The molecule has 0 aliphatic rings. The fourth-order valence-electron chi connectivity index (χ4n) is 1.13. The highest BCUT2D eigenvalue weighted by Crippen LogP contribution is 2.06. The van der Waals surface area contributed by atoms with Gasteiger partial charge < -0.3 is 19.9 Å². The standard InChI is InChI=1S/C10H17N3O3/c1-8-7-9(13-16-8)11-4-3-10(14)12-5-6-15-2/h7H,3-6H2,1-2H3,(H,11,13)(H,12,14). The number of carbonyl (C=O) groups is 1. The Hall–Kier alpha value is -1.56. The van der Waals surface area contributed by atoms with Gasteiger partial charge in [0.1, 0.15) is 5.76 Å². The molecular weight excluding hydrogens is 210 g/mol. The Balaban J connectivity index is 2.08. The minimum absolute atomic E-state index is 0.00948. The Bertz CT molecular complexity index is 325. The van der Waals surface area contributed by atoms with Gasteiger partial charge in [0, 0.05) is 32.7 Å². The van der Waals surface area contributed by atoms with Gasteiger partial charge in [-0.1, -0.05) is 5.16 Å². The number of rotatable bonds is 7. The van der Waals surface area contributed by atoms with E-state index in [-0.39, 0.29) is 5.91 Å². The fourth-order valence-corrected chi connectivity index (χ4v) is 1.13. The summed E-state index contributed by atoms with van der Waals surface area (Å²) in [6.45, 7) is 3.42. The number of aromatic nitrogens is 1. The zero-order valence-corrected chi connectivity index (χ0v) is 9.58. The summed E-state index contributed by atoms with van der Waals surface area (Å²) in [4.78, 5) is 11.3. The Kier molecular flexibility index (Phi) is 5.35. The number of amides is 1. The molecule has 16 heavy (non-hydrogen) atoms. The molecular formula is C10H17N3O3. The van der Waals surface area contributed by atoms with Crippen molar-refractivity contribution in [3.63, 3.8) is 0 Å². The average molecular weight is 227 g/mol. The van der Waals surface area contributed by atoms with Gasteiger partial charge in [0.05, 0.1) is 6.61 Å². The molecule has 0 saturated carbocycles. The summed E-state index contributed by atoms with van der Waals surface area (Å²) < 4.78 is 9.69. The molecule has 0 atom stereocenters. The lowest BCUT2D eigenvalue weighted by Crippen LogP contribution is -2.28. The van der Waals surface area contributed by atoms with Gasteiger partial charge in [-0.2, -0.15) is 0 Å². The van der Waals surface area contributed by atoms with Gasteiger partial charge in [-0.15, -0.1) is 0 Å². The molecule has 0 aromatic carbocycles. The van der Waals surface area contributed by atoms with Crippen LogP contribution in [0.3, 0.4) is 0 Å². The van der Waals surface area contributed by atoms with Crippen LogP contribution in [-0.4, -0.2) is 37.9 Å². The van der Waals surface area contributed by atoms with E-state index in [0.717, 1.165) is 5.76 Å². The van der Waals surface area contributed by atoms with Crippen LogP contribution in [-0.2, 0) is 9.53 Å². The second kappa shape index (κ2) is 6.84. The van der Waals surface area contributed by atoms with Crippen molar-refractivity contribution in [2.45, 2.75) is 13.3 Å². The van der Waals surface area contributed by atoms with E-state index in [1.54, 1.807) is 13.2 Å². The smallest absolute Gasteiger partial charge is 0.221 e. The average Bonchev–Trinajstić information content (AvgIpc) is 2.65. The van der Waals surface area contributed by atoms with Gasteiger partial charge in [-0.3, -0.25) is 4.79 Å². The molecule has 1 amide bonds. The summed E-state index contributed by atoms with van der Waals surface area (Å²) in [6.07, 6.45) is 0.398. The number of methoxy groups -OCH3 is 1. The highest BCUT2D eigenvalue weighted by Gasteiger charge is 2.02. The lowest BCUT2D eigenvalue weighted by atomic mass is 10.4. The van der Waals surface area contributed by atoms with E-state index in [2.05, 4.69) is 15.8 Å². The van der Waals surface area contributed by atoms with Crippen LogP contribution < -0.4 is 10.6 Å². The Morgan fingerprint density at radius 3 is 3.00 bits per heavy atom. The first-order valence-corrected chi connectivity index (χ1v) is 5.15. The van der Waals surface area contributed by atoms with Crippen LogP contribution in [0, 0.1) is 6.92 Å². The molecule has 0 bridgehead atoms. The van der Waals surface area contributed by atoms with Crippen molar-refractivity contribution < 1.29 is 14.1 Å². The maximum atomic E-state index is 11.3. The van der Waals surface area contributed by atoms with Gasteiger partial charge in [0.2, 0.25) is 5.91 Å². The van der Waals surface area contributed by atoms with E-state index in [1.807, 2.05) is 6.92 Å². The molecule has 0 saturated heterocycles. The minimum Gasteiger partial charge on any atom is -0.383 e. The predicted molar refractivity (Wildman–Crippen MR) is 59.2 cm³/mol. The predicted octanol–water partition coefficient (Wildman–Crippen LogP) is 0.548. The van der Waals surface area contributed by atoms with Crippen LogP contribution in [0.5, 0.6) is 0 Å². The highest BCUT2D eigenvalue weighted by molar-refractivity contribution is 5.76. The largest absolute Gasteiger partial charge is 0.383 e. The van der Waals surface area contributed by atoms with Gasteiger partial charge in [0.15, 0.2) is 5.82 Å². The molecule has 6 heteroatoms. The number of aryl methyl sites for hydroxylation is 1. The SMILES string of the molecule is COCCNC(=O)CCNc1cc(C)on1. The van der Waals surface area contributed by atoms with E-state index in [1.165, 1.54) is 0 Å². The molecule has 1 aromatic rings. The summed E-state index contributed by atoms with van der Waals surface area (Å²) in [6, 6.07) is 1.78. The second-order valence-corrected chi connectivity index (χ2v) is 3.34. The van der Waals surface area contributed by atoms with Crippen LogP contribution in [0.1, 0.15) is 12.2 Å². The zero-order valence-electron chi connectivity index (χ0n) is 9.58. The summed E-state index contributed by atoms with van der Waals surface area (Å²) >= 11 is 0. The number of ether oxygens (including phenoxy) is 1. The van der Waals surface area contributed by atoms with Crippen LogP contribution in [0.2, 0.25) is 0 Å². The number of nitrogens with zero attached hydrogens (tertiary/aromatic N) is 1. The molecule has 0 fully saturated rings. The van der Waals surface area contributed by atoms with Crippen molar-refractivity contribution in [2.75, 3.05) is 32.1 Å². The monoisotopic (exact) mass is 227 g/mol. The molecule has 1 rings (SSSR count). The normalized spacial score (nSPS) is 10.1. The Morgan fingerprint density at radius 1 is 1.56 bits per heavy atom. The maximum absolute atomic E-state index is 11.3. The second-order valence-electron chi connectivity index (χ2n) is 3.34. The molecule has 0 unspecified atom stereocenters. The number of anilines is 1. The first-order chi connectivity index (χ1) is 7.72. The topological polar surface area (TPSA) is 76.4 Å². The molecule has 0 aliphatic carbocycles. The maximum Gasteiger partial charge on any atom is 0.221 e. The van der Waals surface area contributed by atoms with Gasteiger partial charge in [0.25, 0.3) is 0 Å². The van der Waals surface area contributed by atoms with Crippen LogP contribution >= 0.6 is 0 Å². The lowest BCUT2D eigenvalue weighted by Gasteiger charge is -2.04. The van der Waals surface area contributed by atoms with Crippen molar-refractivity contribution in [3.8, 4) is 0 Å². The number of carbonyl (C=O) groups excluding carboxylic acids is 1. The molecule has 6 nitrogen and oxygen atoms in total. The summed E-state index contributed by atoms with van der Waals surface area (Å²) in [5.41, 5.74) is 0. The third kappa shape index (κ3) is 4.79.